The summed E-state index contributed by atoms with van der Waals surface area (Å²) in [7, 11) is 1.91. The van der Waals surface area contributed by atoms with Crippen LogP contribution < -0.4 is 15.0 Å². The van der Waals surface area contributed by atoms with Gasteiger partial charge < -0.3 is 24.8 Å². The topological polar surface area (TPSA) is 163 Å². The average Bonchev–Trinajstić information content (AvgIpc) is 3.96. The van der Waals surface area contributed by atoms with Crippen LogP contribution in [-0.2, 0) is 24.8 Å². The number of nitrogens with one attached hydrogen (secondary N) is 1. The molecule has 1 saturated carbocycles. The number of piperidine rings is 2. The van der Waals surface area contributed by atoms with Crippen molar-refractivity contribution in [3.63, 3.8) is 0 Å². The number of halogens is 1. The second-order valence-corrected chi connectivity index (χ2v) is 20.3. The summed E-state index contributed by atoms with van der Waals surface area (Å²) >= 11 is 6.19. The van der Waals surface area contributed by atoms with E-state index in [9.17, 15) is 9.59 Å². The normalized spacial score (nSPS) is 21.0. The van der Waals surface area contributed by atoms with Crippen molar-refractivity contribution in [1.29, 1.82) is 5.26 Å². The van der Waals surface area contributed by atoms with Crippen LogP contribution in [0.5, 0.6) is 5.75 Å². The first-order valence-electron chi connectivity index (χ1n) is 24.1. The molecule has 2 amide bonds. The lowest BCUT2D eigenvalue weighted by Gasteiger charge is -2.47. The van der Waals surface area contributed by atoms with Crippen LogP contribution in [0.1, 0.15) is 99.1 Å². The highest BCUT2D eigenvalue weighted by Gasteiger charge is 2.39. The van der Waals surface area contributed by atoms with Crippen LogP contribution in [0.25, 0.3) is 33.3 Å². The van der Waals surface area contributed by atoms with Crippen LogP contribution >= 0.6 is 11.6 Å². The van der Waals surface area contributed by atoms with Gasteiger partial charge in [-0.05, 0) is 92.0 Å². The number of rotatable bonds is 10. The summed E-state index contributed by atoms with van der Waals surface area (Å²) < 4.78 is 10.2. The summed E-state index contributed by atoms with van der Waals surface area (Å²) in [6.07, 6.45) is 12.9. The van der Waals surface area contributed by atoms with Crippen molar-refractivity contribution < 1.29 is 14.3 Å². The van der Waals surface area contributed by atoms with Gasteiger partial charge >= 0.3 is 0 Å². The van der Waals surface area contributed by atoms with Crippen LogP contribution in [0.3, 0.4) is 0 Å². The van der Waals surface area contributed by atoms with E-state index < -0.39 is 0 Å². The van der Waals surface area contributed by atoms with Gasteiger partial charge in [-0.3, -0.25) is 23.9 Å². The van der Waals surface area contributed by atoms with Crippen molar-refractivity contribution >= 4 is 40.0 Å². The highest BCUT2D eigenvalue weighted by molar-refractivity contribution is 6.31. The first-order chi connectivity index (χ1) is 32.9. The quantitative estimate of drug-likeness (QED) is 0.142. The molecule has 68 heavy (non-hydrogen) atoms. The number of hydrogen-bond donors (Lipinski definition) is 1. The molecule has 1 aliphatic carbocycles. The summed E-state index contributed by atoms with van der Waals surface area (Å²) in [5.41, 5.74) is 7.08. The zero-order valence-corrected chi connectivity index (χ0v) is 40.1. The molecule has 0 radical (unpaired) electrons. The van der Waals surface area contributed by atoms with E-state index in [1.807, 2.05) is 36.6 Å². The Morgan fingerprint density at radius 2 is 1.78 bits per heavy atom. The third kappa shape index (κ3) is 9.40. The number of aryl methyl sites for hydroxylation is 1. The number of fused-ring (bicyclic) bond motifs is 2. The molecule has 3 fully saturated rings. The van der Waals surface area contributed by atoms with E-state index in [4.69, 9.17) is 31.7 Å². The number of nitrogens with zero attached hydrogens (tertiary/aromatic N) is 11. The zero-order valence-electron chi connectivity index (χ0n) is 39.4. The maximum absolute atomic E-state index is 13.2. The molecule has 4 aliphatic rings. The maximum Gasteiger partial charge on any atom is 0.272 e. The molecule has 1 atom stereocenters. The smallest absolute Gasteiger partial charge is 0.272 e. The minimum atomic E-state index is -0.207. The summed E-state index contributed by atoms with van der Waals surface area (Å²) in [6.45, 7) is 12.5. The van der Waals surface area contributed by atoms with Gasteiger partial charge in [0.15, 0.2) is 11.5 Å². The molecule has 1 N–H and O–H groups in total. The van der Waals surface area contributed by atoms with Crippen molar-refractivity contribution in [3.05, 3.63) is 101 Å². The molecule has 0 spiro atoms. The fourth-order valence-electron chi connectivity index (χ4n) is 11.0. The SMILES string of the molecule is CC(=O)N1CCc2c(c(-c3cccc4cc(-c5cnn(C)c5)ncc34)nn2C2CCN(CC3CCN(c4ccc(C(=O)NC5CCC(Oc6ccc(C#N)c(Cl)c6)CC5)nn4)CC3(C)C)CC2)C1. The van der Waals surface area contributed by atoms with Gasteiger partial charge in [-0.2, -0.15) is 15.5 Å². The minimum Gasteiger partial charge on any atom is -0.490 e. The molecular formula is C52H59ClN12O3. The van der Waals surface area contributed by atoms with Crippen molar-refractivity contribution in [2.24, 2.45) is 18.4 Å². The van der Waals surface area contributed by atoms with E-state index >= 15 is 0 Å². The Morgan fingerprint density at radius 3 is 2.49 bits per heavy atom. The number of likely N-dealkylation sites (tertiary alicyclic amines) is 1. The van der Waals surface area contributed by atoms with Crippen molar-refractivity contribution in [2.75, 3.05) is 44.2 Å². The standard InChI is InChI=1S/C52H59ClN12O3/c1-33(66)63-23-19-48-44(31-63)50(42-7-5-6-34-24-47(55-28-43(34)42)36-27-56-61(4)29-36)60-65(48)39-17-20-62(21-18-39)30-37-16-22-64(32-52(37,2)3)49-15-14-46(58-59-49)51(67)57-38-9-12-40(13-10-38)68-41-11-8-35(26-54)45(53)25-41/h5-8,11,14-15,24-25,27-29,37-40H,9-10,12-13,16-23,30-32H2,1-4H3,(H,57,67). The van der Waals surface area contributed by atoms with E-state index in [0.29, 0.717) is 41.0 Å². The number of ether oxygens (including phenoxy) is 1. The van der Waals surface area contributed by atoms with Crippen LogP contribution in [-0.4, -0.2) is 108 Å². The molecule has 15 nitrogen and oxygen atoms in total. The molecule has 352 valence electrons. The van der Waals surface area contributed by atoms with E-state index in [2.05, 4.69) is 79.3 Å². The molecule has 7 heterocycles. The van der Waals surface area contributed by atoms with Crippen molar-refractivity contribution in [2.45, 2.75) is 96.9 Å². The average molecular weight is 936 g/mol. The zero-order chi connectivity index (χ0) is 47.1. The predicted octanol–water partition coefficient (Wildman–Crippen LogP) is 8.03. The van der Waals surface area contributed by atoms with E-state index in [1.54, 1.807) is 35.9 Å². The Labute approximate surface area is 402 Å². The Balaban J connectivity index is 0.737. The molecular weight excluding hydrogens is 876 g/mol. The Bertz CT molecular complexity index is 2870. The van der Waals surface area contributed by atoms with Crippen LogP contribution in [0.4, 0.5) is 5.82 Å². The summed E-state index contributed by atoms with van der Waals surface area (Å²) in [5, 5.41) is 33.6. The van der Waals surface area contributed by atoms with Gasteiger partial charge in [0.05, 0.1) is 40.3 Å². The van der Waals surface area contributed by atoms with Gasteiger partial charge in [0, 0.05) is 118 Å². The van der Waals surface area contributed by atoms with Crippen LogP contribution in [0, 0.1) is 22.7 Å². The fourth-order valence-corrected chi connectivity index (χ4v) is 11.2. The lowest BCUT2D eigenvalue weighted by atomic mass is 9.73. The first-order valence-corrected chi connectivity index (χ1v) is 24.5. The predicted molar refractivity (Wildman–Crippen MR) is 261 cm³/mol. The molecule has 4 aromatic heterocycles. The van der Waals surface area contributed by atoms with E-state index in [1.165, 1.54) is 5.69 Å². The van der Waals surface area contributed by atoms with Gasteiger partial charge in [-0.1, -0.05) is 43.6 Å². The molecule has 2 aromatic carbocycles. The maximum atomic E-state index is 13.2. The number of aromatic nitrogens is 7. The number of carbonyl (C=O) groups is 2. The highest BCUT2D eigenvalue weighted by atomic mass is 35.5. The van der Waals surface area contributed by atoms with Crippen LogP contribution in [0.2, 0.25) is 5.02 Å². The summed E-state index contributed by atoms with van der Waals surface area (Å²) in [5.74, 6) is 1.86. The Kier molecular flexibility index (Phi) is 12.7. The summed E-state index contributed by atoms with van der Waals surface area (Å²) in [6, 6.07) is 19.8. The van der Waals surface area contributed by atoms with Gasteiger partial charge in [0.1, 0.15) is 11.8 Å². The largest absolute Gasteiger partial charge is 0.490 e. The fraction of sp³-hybridized carbons (Fsp3) is 0.462. The Hall–Kier alpha value is -6.37. The molecule has 2 saturated heterocycles. The number of pyridine rings is 1. The molecule has 16 heteroatoms. The molecule has 0 bridgehead atoms. The molecule has 10 rings (SSSR count). The number of hydrogen-bond acceptors (Lipinski definition) is 11. The van der Waals surface area contributed by atoms with Crippen molar-refractivity contribution in [3.8, 4) is 34.3 Å². The van der Waals surface area contributed by atoms with Crippen molar-refractivity contribution in [1.82, 2.24) is 49.9 Å². The van der Waals surface area contributed by atoms with E-state index in [0.717, 1.165) is 129 Å². The van der Waals surface area contributed by atoms with Gasteiger partial charge in [0.2, 0.25) is 5.91 Å². The Morgan fingerprint density at radius 1 is 0.956 bits per heavy atom. The number of anilines is 1. The van der Waals surface area contributed by atoms with Gasteiger partial charge in [0.25, 0.3) is 5.91 Å². The van der Waals surface area contributed by atoms with E-state index in [-0.39, 0.29) is 35.4 Å². The first kappa shape index (κ1) is 45.4. The van der Waals surface area contributed by atoms with Gasteiger partial charge in [-0.15, -0.1) is 10.2 Å². The minimum absolute atomic E-state index is 0.0253. The second-order valence-electron chi connectivity index (χ2n) is 19.9. The third-order valence-electron chi connectivity index (χ3n) is 15.0. The lowest BCUT2D eigenvalue weighted by Crippen LogP contribution is -2.50. The number of nitriles is 1. The third-order valence-corrected chi connectivity index (χ3v) is 15.3. The number of amides is 2. The van der Waals surface area contributed by atoms with Crippen LogP contribution in [0.15, 0.2) is 73.2 Å². The second kappa shape index (κ2) is 19.0. The lowest BCUT2D eigenvalue weighted by molar-refractivity contribution is -0.129. The highest BCUT2D eigenvalue weighted by Crippen LogP contribution is 2.40. The molecule has 3 aliphatic heterocycles. The molecule has 1 unspecified atom stereocenters. The summed E-state index contributed by atoms with van der Waals surface area (Å²) in [4.78, 5) is 37.7. The molecule has 6 aromatic rings. The number of benzene rings is 2. The monoisotopic (exact) mass is 934 g/mol. The number of carbonyl (C=O) groups excluding carboxylic acids is 2. The van der Waals surface area contributed by atoms with Gasteiger partial charge in [-0.25, -0.2) is 0 Å².